The van der Waals surface area contributed by atoms with Crippen molar-refractivity contribution in [3.63, 3.8) is 0 Å². The van der Waals surface area contributed by atoms with Crippen LogP contribution in [-0.4, -0.2) is 35.7 Å². The molecule has 0 unspecified atom stereocenters. The van der Waals surface area contributed by atoms with E-state index in [1.807, 2.05) is 30.5 Å². The SMILES string of the molecule is Cc1csc([C@H](C#N)C=NC[C@H](c2ccccc2Cl)N2CCCC2)n1. The van der Waals surface area contributed by atoms with Gasteiger partial charge in [0.1, 0.15) is 10.9 Å². The van der Waals surface area contributed by atoms with E-state index in [-0.39, 0.29) is 12.0 Å². The number of halogens is 1. The maximum atomic E-state index is 9.42. The third kappa shape index (κ3) is 4.46. The molecule has 0 N–H and O–H groups in total. The minimum Gasteiger partial charge on any atom is -0.294 e. The number of nitriles is 1. The summed E-state index contributed by atoms with van der Waals surface area (Å²) in [6.07, 6.45) is 4.16. The van der Waals surface area contributed by atoms with Crippen molar-refractivity contribution in [1.29, 1.82) is 5.26 Å². The molecule has 1 aromatic carbocycles. The van der Waals surface area contributed by atoms with Gasteiger partial charge in [-0.05, 0) is 44.5 Å². The van der Waals surface area contributed by atoms with E-state index in [2.05, 4.69) is 27.0 Å². The first-order chi connectivity index (χ1) is 12.2. The Hall–Kier alpha value is -1.74. The van der Waals surface area contributed by atoms with Gasteiger partial charge in [0.15, 0.2) is 0 Å². The van der Waals surface area contributed by atoms with E-state index in [4.69, 9.17) is 11.6 Å². The monoisotopic (exact) mass is 372 g/mol. The first-order valence-corrected chi connectivity index (χ1v) is 9.75. The predicted molar refractivity (Wildman–Crippen MR) is 104 cm³/mol. The number of aromatic nitrogens is 1. The van der Waals surface area contributed by atoms with Gasteiger partial charge in [-0.3, -0.25) is 9.89 Å². The molecule has 1 aliphatic heterocycles. The number of likely N-dealkylation sites (tertiary alicyclic amines) is 1. The smallest absolute Gasteiger partial charge is 0.133 e. The van der Waals surface area contributed by atoms with Crippen molar-refractivity contribution < 1.29 is 0 Å². The Morgan fingerprint density at radius 3 is 2.80 bits per heavy atom. The van der Waals surface area contributed by atoms with Crippen molar-refractivity contribution >= 4 is 29.2 Å². The zero-order chi connectivity index (χ0) is 17.6. The van der Waals surface area contributed by atoms with Crippen molar-refractivity contribution in [2.24, 2.45) is 4.99 Å². The molecule has 0 spiro atoms. The Kier molecular flexibility index (Phi) is 6.19. The molecule has 4 nitrogen and oxygen atoms in total. The number of aliphatic imine (C=N–C) groups is 1. The van der Waals surface area contributed by atoms with Crippen LogP contribution in [0.2, 0.25) is 5.02 Å². The lowest BCUT2D eigenvalue weighted by atomic mass is 10.1. The van der Waals surface area contributed by atoms with Gasteiger partial charge in [0.25, 0.3) is 0 Å². The Bertz CT molecular complexity index is 774. The average Bonchev–Trinajstić information content (AvgIpc) is 3.28. The lowest BCUT2D eigenvalue weighted by molar-refractivity contribution is 0.252. The van der Waals surface area contributed by atoms with Gasteiger partial charge in [0.2, 0.25) is 0 Å². The molecule has 2 atom stereocenters. The fourth-order valence-corrected chi connectivity index (χ4v) is 4.21. The normalized spacial score (nSPS) is 17.6. The number of thiazole rings is 1. The van der Waals surface area contributed by atoms with Crippen LogP contribution in [0.25, 0.3) is 0 Å². The van der Waals surface area contributed by atoms with Gasteiger partial charge >= 0.3 is 0 Å². The van der Waals surface area contributed by atoms with Crippen molar-refractivity contribution in [2.45, 2.75) is 31.7 Å². The van der Waals surface area contributed by atoms with Crippen LogP contribution in [0, 0.1) is 18.3 Å². The van der Waals surface area contributed by atoms with Crippen molar-refractivity contribution in [2.75, 3.05) is 19.6 Å². The summed E-state index contributed by atoms with van der Waals surface area (Å²) in [5.74, 6) is -0.385. The molecule has 1 saturated heterocycles. The van der Waals surface area contributed by atoms with E-state index in [0.29, 0.717) is 6.54 Å². The summed E-state index contributed by atoms with van der Waals surface area (Å²) in [5, 5.41) is 13.0. The quantitative estimate of drug-likeness (QED) is 0.695. The molecule has 2 aromatic rings. The maximum absolute atomic E-state index is 9.42. The molecule has 1 aliphatic rings. The van der Waals surface area contributed by atoms with Crippen molar-refractivity contribution in [3.8, 4) is 6.07 Å². The number of rotatable bonds is 6. The number of aryl methyl sites for hydroxylation is 1. The highest BCUT2D eigenvalue weighted by atomic mass is 35.5. The molecule has 1 aromatic heterocycles. The topological polar surface area (TPSA) is 52.3 Å². The van der Waals surface area contributed by atoms with Crippen LogP contribution in [0.3, 0.4) is 0 Å². The zero-order valence-corrected chi connectivity index (χ0v) is 15.8. The van der Waals surface area contributed by atoms with Crippen molar-refractivity contribution in [1.82, 2.24) is 9.88 Å². The summed E-state index contributed by atoms with van der Waals surface area (Å²) in [4.78, 5) is 11.5. The fraction of sp³-hybridized carbons (Fsp3) is 0.421. The molecule has 0 aliphatic carbocycles. The molecule has 25 heavy (non-hydrogen) atoms. The summed E-state index contributed by atoms with van der Waals surface area (Å²) >= 11 is 7.93. The molecule has 0 radical (unpaired) electrons. The lowest BCUT2D eigenvalue weighted by Gasteiger charge is -2.27. The van der Waals surface area contributed by atoms with Crippen LogP contribution in [-0.2, 0) is 0 Å². The Balaban J connectivity index is 1.76. The highest BCUT2D eigenvalue weighted by Gasteiger charge is 2.24. The zero-order valence-electron chi connectivity index (χ0n) is 14.2. The molecule has 0 bridgehead atoms. The minimum absolute atomic E-state index is 0.157. The largest absolute Gasteiger partial charge is 0.294 e. The third-order valence-corrected chi connectivity index (χ3v) is 5.81. The molecule has 130 valence electrons. The molecule has 3 rings (SSSR count). The Labute approximate surface area is 157 Å². The van der Waals surface area contributed by atoms with Gasteiger partial charge in [0.05, 0.1) is 18.7 Å². The number of benzene rings is 1. The number of hydrogen-bond donors (Lipinski definition) is 0. The van der Waals surface area contributed by atoms with Gasteiger partial charge < -0.3 is 0 Å². The standard InChI is InChI=1S/C19H21ClN4S/c1-14-13-25-19(23-14)15(10-21)11-22-12-18(24-8-4-5-9-24)16-6-2-3-7-17(16)20/h2-3,6-7,11,13,15,18H,4-5,8-9,12H2,1H3/t15-,18-/m1/s1. The summed E-state index contributed by atoms with van der Waals surface area (Å²) in [5.41, 5.74) is 2.06. The first kappa shape index (κ1) is 18.1. The second-order valence-corrected chi connectivity index (χ2v) is 7.53. The summed E-state index contributed by atoms with van der Waals surface area (Å²) in [7, 11) is 0. The molecular weight excluding hydrogens is 352 g/mol. The van der Waals surface area contributed by atoms with Crippen LogP contribution < -0.4 is 0 Å². The fourth-order valence-electron chi connectivity index (χ4n) is 3.14. The maximum Gasteiger partial charge on any atom is 0.133 e. The highest BCUT2D eigenvalue weighted by Crippen LogP contribution is 2.30. The van der Waals surface area contributed by atoms with E-state index in [0.717, 1.165) is 34.4 Å². The molecule has 6 heteroatoms. The van der Waals surface area contributed by atoms with Crippen LogP contribution in [0.5, 0.6) is 0 Å². The summed E-state index contributed by atoms with van der Waals surface area (Å²) in [6, 6.07) is 10.4. The minimum atomic E-state index is -0.385. The highest BCUT2D eigenvalue weighted by molar-refractivity contribution is 7.09. The van der Waals surface area contributed by atoms with Gasteiger partial charge in [-0.1, -0.05) is 29.8 Å². The summed E-state index contributed by atoms with van der Waals surface area (Å²) in [6.45, 7) is 4.68. The van der Waals surface area contributed by atoms with Crippen LogP contribution in [0.4, 0.5) is 0 Å². The molecule has 0 saturated carbocycles. The average molecular weight is 373 g/mol. The number of hydrogen-bond acceptors (Lipinski definition) is 5. The van der Waals surface area contributed by atoms with Gasteiger partial charge in [-0.15, -0.1) is 11.3 Å². The summed E-state index contributed by atoms with van der Waals surface area (Å²) < 4.78 is 0. The molecule has 1 fully saturated rings. The Morgan fingerprint density at radius 2 is 2.16 bits per heavy atom. The van der Waals surface area contributed by atoms with Gasteiger partial charge in [-0.2, -0.15) is 5.26 Å². The Morgan fingerprint density at radius 1 is 1.40 bits per heavy atom. The molecule has 2 heterocycles. The molecular formula is C19H21ClN4S. The third-order valence-electron chi connectivity index (χ3n) is 4.42. The second kappa shape index (κ2) is 8.57. The first-order valence-electron chi connectivity index (χ1n) is 8.49. The van der Waals surface area contributed by atoms with Crippen LogP contribution >= 0.6 is 22.9 Å². The number of nitrogens with zero attached hydrogens (tertiary/aromatic N) is 4. The van der Waals surface area contributed by atoms with E-state index in [1.54, 1.807) is 6.21 Å². The molecule has 0 amide bonds. The van der Waals surface area contributed by atoms with Crippen LogP contribution in [0.1, 0.15) is 41.1 Å². The van der Waals surface area contributed by atoms with Gasteiger partial charge in [-0.25, -0.2) is 4.98 Å². The van der Waals surface area contributed by atoms with Crippen LogP contribution in [0.15, 0.2) is 34.6 Å². The lowest BCUT2D eigenvalue weighted by Crippen LogP contribution is -2.28. The van der Waals surface area contributed by atoms with Gasteiger partial charge in [0, 0.05) is 22.3 Å². The van der Waals surface area contributed by atoms with E-state index >= 15 is 0 Å². The predicted octanol–water partition coefficient (Wildman–Crippen LogP) is 4.62. The van der Waals surface area contributed by atoms with E-state index in [1.165, 1.54) is 24.2 Å². The van der Waals surface area contributed by atoms with E-state index in [9.17, 15) is 5.26 Å². The second-order valence-electron chi connectivity index (χ2n) is 6.23. The van der Waals surface area contributed by atoms with Crippen molar-refractivity contribution in [3.05, 3.63) is 50.9 Å². The van der Waals surface area contributed by atoms with E-state index < -0.39 is 0 Å².